The first-order valence-corrected chi connectivity index (χ1v) is 10.0. The van der Waals surface area contributed by atoms with Crippen molar-refractivity contribution in [1.82, 2.24) is 4.90 Å². The largest absolute Gasteiger partial charge is 0.373 e. The summed E-state index contributed by atoms with van der Waals surface area (Å²) < 4.78 is 6.01. The number of para-hydroxylation sites is 1. The zero-order valence-electron chi connectivity index (χ0n) is 16.0. The Balaban J connectivity index is 1.28. The minimum absolute atomic E-state index is 0.0232. The molecule has 5 nitrogen and oxygen atoms in total. The van der Waals surface area contributed by atoms with E-state index in [0.717, 1.165) is 18.5 Å². The molecule has 1 atom stereocenters. The maximum atomic E-state index is 12.9. The summed E-state index contributed by atoms with van der Waals surface area (Å²) in [7, 11) is 0. The second kappa shape index (κ2) is 8.57. The van der Waals surface area contributed by atoms with Crippen LogP contribution < -0.4 is 4.90 Å². The maximum absolute atomic E-state index is 12.9. The van der Waals surface area contributed by atoms with E-state index < -0.39 is 5.92 Å². The molecule has 2 fully saturated rings. The van der Waals surface area contributed by atoms with Crippen LogP contribution in [0.4, 0.5) is 5.69 Å². The van der Waals surface area contributed by atoms with Crippen LogP contribution in [0, 0.1) is 5.92 Å². The van der Waals surface area contributed by atoms with Crippen molar-refractivity contribution in [2.75, 3.05) is 24.5 Å². The number of likely N-dealkylation sites (tertiary alicyclic amines) is 1. The van der Waals surface area contributed by atoms with Gasteiger partial charge in [0.15, 0.2) is 0 Å². The molecular formula is C23H26N2O3. The molecule has 2 aromatic rings. The highest BCUT2D eigenvalue weighted by Gasteiger charge is 2.40. The number of benzene rings is 2. The van der Waals surface area contributed by atoms with E-state index in [2.05, 4.69) is 12.1 Å². The molecule has 0 aromatic heterocycles. The highest BCUT2D eigenvalue weighted by Crippen LogP contribution is 2.27. The van der Waals surface area contributed by atoms with Gasteiger partial charge >= 0.3 is 0 Å². The standard InChI is InChI=1S/C23H26N2O3/c26-22(21-13-16-25(23(21)27)19-9-5-2-6-10-19)24-14-11-20(12-15-24)28-17-18-7-3-1-4-8-18/h1-10,20-21H,11-17H2. The van der Waals surface area contributed by atoms with Gasteiger partial charge in [-0.05, 0) is 37.0 Å². The van der Waals surface area contributed by atoms with Gasteiger partial charge in [0, 0.05) is 25.3 Å². The zero-order chi connectivity index (χ0) is 19.3. The maximum Gasteiger partial charge on any atom is 0.239 e. The lowest BCUT2D eigenvalue weighted by Gasteiger charge is -2.33. The molecule has 0 saturated carbocycles. The quantitative estimate of drug-likeness (QED) is 0.751. The van der Waals surface area contributed by atoms with Crippen molar-refractivity contribution in [2.24, 2.45) is 5.92 Å². The van der Waals surface area contributed by atoms with Crippen molar-refractivity contribution in [3.05, 3.63) is 66.2 Å². The molecule has 0 bridgehead atoms. The van der Waals surface area contributed by atoms with Crippen LogP contribution in [-0.2, 0) is 20.9 Å². The van der Waals surface area contributed by atoms with Gasteiger partial charge in [-0.2, -0.15) is 0 Å². The lowest BCUT2D eigenvalue weighted by molar-refractivity contribution is -0.142. The third kappa shape index (κ3) is 4.09. The number of carbonyl (C=O) groups is 2. The summed E-state index contributed by atoms with van der Waals surface area (Å²) in [4.78, 5) is 29.3. The van der Waals surface area contributed by atoms with Crippen molar-refractivity contribution in [1.29, 1.82) is 0 Å². The molecule has 2 aromatic carbocycles. The van der Waals surface area contributed by atoms with E-state index in [1.54, 1.807) is 4.90 Å². The number of amides is 2. The van der Waals surface area contributed by atoms with Crippen LogP contribution in [-0.4, -0.2) is 42.5 Å². The van der Waals surface area contributed by atoms with E-state index in [4.69, 9.17) is 4.74 Å². The third-order valence-corrected chi connectivity index (χ3v) is 5.65. The fraction of sp³-hybridized carbons (Fsp3) is 0.391. The van der Waals surface area contributed by atoms with Crippen molar-refractivity contribution in [3.63, 3.8) is 0 Å². The lowest BCUT2D eigenvalue weighted by Crippen LogP contribution is -2.45. The number of hydrogen-bond acceptors (Lipinski definition) is 3. The zero-order valence-corrected chi connectivity index (χ0v) is 16.0. The first-order valence-electron chi connectivity index (χ1n) is 10.0. The molecule has 28 heavy (non-hydrogen) atoms. The molecule has 0 N–H and O–H groups in total. The molecule has 2 aliphatic heterocycles. The number of hydrogen-bond donors (Lipinski definition) is 0. The molecular weight excluding hydrogens is 352 g/mol. The lowest BCUT2D eigenvalue weighted by atomic mass is 10.0. The van der Waals surface area contributed by atoms with Gasteiger partial charge in [0.25, 0.3) is 0 Å². The third-order valence-electron chi connectivity index (χ3n) is 5.65. The van der Waals surface area contributed by atoms with Gasteiger partial charge < -0.3 is 14.5 Å². The second-order valence-corrected chi connectivity index (χ2v) is 7.49. The van der Waals surface area contributed by atoms with Crippen LogP contribution in [0.25, 0.3) is 0 Å². The van der Waals surface area contributed by atoms with Gasteiger partial charge in [0.2, 0.25) is 11.8 Å². The van der Waals surface area contributed by atoms with Gasteiger partial charge in [-0.3, -0.25) is 9.59 Å². The predicted octanol–water partition coefficient (Wildman–Crippen LogP) is 3.25. The van der Waals surface area contributed by atoms with Gasteiger partial charge in [-0.1, -0.05) is 48.5 Å². The molecule has 2 heterocycles. The highest BCUT2D eigenvalue weighted by atomic mass is 16.5. The van der Waals surface area contributed by atoms with Crippen molar-refractivity contribution in [3.8, 4) is 0 Å². The normalized spacial score (nSPS) is 20.6. The van der Waals surface area contributed by atoms with E-state index in [9.17, 15) is 9.59 Å². The van der Waals surface area contributed by atoms with E-state index in [1.165, 1.54) is 5.56 Å². The summed E-state index contributed by atoms with van der Waals surface area (Å²) >= 11 is 0. The van der Waals surface area contributed by atoms with E-state index in [1.807, 2.05) is 53.4 Å². The molecule has 2 saturated heterocycles. The van der Waals surface area contributed by atoms with Crippen LogP contribution in [0.2, 0.25) is 0 Å². The van der Waals surface area contributed by atoms with Crippen LogP contribution in [0.3, 0.4) is 0 Å². The Hall–Kier alpha value is -2.66. The average Bonchev–Trinajstić information content (AvgIpc) is 3.15. The molecule has 0 aliphatic carbocycles. The summed E-state index contributed by atoms with van der Waals surface area (Å²) in [5, 5.41) is 0. The van der Waals surface area contributed by atoms with Crippen molar-refractivity contribution in [2.45, 2.75) is 32.0 Å². The summed E-state index contributed by atoms with van der Waals surface area (Å²) in [6.45, 7) is 2.53. The fourth-order valence-electron chi connectivity index (χ4n) is 4.02. The SMILES string of the molecule is O=C(C1CCN(c2ccccc2)C1=O)N1CCC(OCc2ccccc2)CC1. The Labute approximate surface area is 165 Å². The Morgan fingerprint density at radius 3 is 2.21 bits per heavy atom. The minimum Gasteiger partial charge on any atom is -0.373 e. The van der Waals surface area contributed by atoms with E-state index in [0.29, 0.717) is 32.7 Å². The number of rotatable bonds is 5. The van der Waals surface area contributed by atoms with Crippen LogP contribution >= 0.6 is 0 Å². The Kier molecular flexibility index (Phi) is 5.72. The molecule has 5 heteroatoms. The number of ether oxygens (including phenoxy) is 1. The number of carbonyl (C=O) groups excluding carboxylic acids is 2. The smallest absolute Gasteiger partial charge is 0.239 e. The molecule has 0 radical (unpaired) electrons. The molecule has 2 amide bonds. The van der Waals surface area contributed by atoms with Crippen molar-refractivity contribution < 1.29 is 14.3 Å². The predicted molar refractivity (Wildman–Crippen MR) is 108 cm³/mol. The number of anilines is 1. The Morgan fingerprint density at radius 1 is 0.893 bits per heavy atom. The van der Waals surface area contributed by atoms with Crippen LogP contribution in [0.15, 0.2) is 60.7 Å². The molecule has 1 unspecified atom stereocenters. The summed E-state index contributed by atoms with van der Waals surface area (Å²) in [5.41, 5.74) is 2.04. The second-order valence-electron chi connectivity index (χ2n) is 7.49. The van der Waals surface area contributed by atoms with Crippen LogP contribution in [0.1, 0.15) is 24.8 Å². The van der Waals surface area contributed by atoms with Gasteiger partial charge in [-0.15, -0.1) is 0 Å². The summed E-state index contributed by atoms with van der Waals surface area (Å²) in [6.07, 6.45) is 2.41. The Morgan fingerprint density at radius 2 is 1.54 bits per heavy atom. The van der Waals surface area contributed by atoms with E-state index >= 15 is 0 Å². The molecule has 2 aliphatic rings. The monoisotopic (exact) mass is 378 g/mol. The van der Waals surface area contributed by atoms with Crippen molar-refractivity contribution >= 4 is 17.5 Å². The summed E-state index contributed by atoms with van der Waals surface area (Å²) in [6, 6.07) is 19.7. The fourth-order valence-corrected chi connectivity index (χ4v) is 4.02. The first-order chi connectivity index (χ1) is 13.7. The first kappa shape index (κ1) is 18.7. The van der Waals surface area contributed by atoms with Gasteiger partial charge in [0.05, 0.1) is 12.7 Å². The van der Waals surface area contributed by atoms with Gasteiger partial charge in [-0.25, -0.2) is 0 Å². The average molecular weight is 378 g/mol. The minimum atomic E-state index is -0.540. The highest BCUT2D eigenvalue weighted by molar-refractivity contribution is 6.09. The molecule has 0 spiro atoms. The molecule has 4 rings (SSSR count). The number of piperidine rings is 1. The summed E-state index contributed by atoms with van der Waals surface area (Å²) in [5.74, 6) is -0.634. The molecule has 146 valence electrons. The number of nitrogens with zero attached hydrogens (tertiary/aromatic N) is 2. The van der Waals surface area contributed by atoms with Crippen LogP contribution in [0.5, 0.6) is 0 Å². The topological polar surface area (TPSA) is 49.9 Å². The van der Waals surface area contributed by atoms with Gasteiger partial charge in [0.1, 0.15) is 5.92 Å². The Bertz CT molecular complexity index is 801. The van der Waals surface area contributed by atoms with E-state index in [-0.39, 0.29) is 17.9 Å².